The van der Waals surface area contributed by atoms with Crippen LogP contribution in [0.2, 0.25) is 0 Å². The van der Waals surface area contributed by atoms with E-state index in [0.29, 0.717) is 0 Å². The van der Waals surface area contributed by atoms with Crippen LogP contribution in [0.4, 0.5) is 17.6 Å². The molecule has 0 bridgehead atoms. The summed E-state index contributed by atoms with van der Waals surface area (Å²) >= 11 is 2.15. The van der Waals surface area contributed by atoms with Crippen LogP contribution in [0.1, 0.15) is 0 Å². The number of aromatic hydroxyl groups is 1. The monoisotopic (exact) mass is 290 g/mol. The Bertz CT molecular complexity index is 352. The number of halogens is 5. The Labute approximate surface area is 89.2 Å². The van der Waals surface area contributed by atoms with Gasteiger partial charge in [-0.2, -0.15) is 13.2 Å². The molecule has 0 heterocycles. The van der Waals surface area contributed by atoms with Crippen LogP contribution in [-0.2, 0) is 0 Å². The summed E-state index contributed by atoms with van der Waals surface area (Å²) in [4.78, 5) is -0.669. The second-order valence-corrected chi connectivity index (χ2v) is 4.19. The molecule has 0 atom stereocenters. The molecule has 1 rings (SSSR count). The molecule has 1 aromatic carbocycles. The van der Waals surface area contributed by atoms with Gasteiger partial charge in [0.1, 0.15) is 0 Å². The van der Waals surface area contributed by atoms with E-state index in [2.05, 4.69) is 15.9 Å². The van der Waals surface area contributed by atoms with Gasteiger partial charge in [0.05, 0.1) is 4.90 Å². The molecule has 0 aliphatic heterocycles. The van der Waals surface area contributed by atoms with Crippen LogP contribution in [-0.4, -0.2) is 10.6 Å². The molecule has 0 spiro atoms. The van der Waals surface area contributed by atoms with E-state index in [9.17, 15) is 17.6 Å². The Morgan fingerprint density at radius 3 is 2.36 bits per heavy atom. The van der Waals surface area contributed by atoms with Crippen molar-refractivity contribution >= 4 is 27.7 Å². The molecule has 1 N–H and O–H groups in total. The molecule has 78 valence electrons. The summed E-state index contributed by atoms with van der Waals surface area (Å²) in [6, 6.07) is 2.12. The van der Waals surface area contributed by atoms with Gasteiger partial charge in [0.15, 0.2) is 11.6 Å². The van der Waals surface area contributed by atoms with Crippen molar-refractivity contribution in [2.75, 3.05) is 0 Å². The van der Waals surface area contributed by atoms with E-state index in [1.54, 1.807) is 0 Å². The molecule has 0 fully saturated rings. The van der Waals surface area contributed by atoms with Gasteiger partial charge >= 0.3 is 5.51 Å². The van der Waals surface area contributed by atoms with E-state index in [0.717, 1.165) is 12.1 Å². The van der Waals surface area contributed by atoms with Gasteiger partial charge in [-0.05, 0) is 39.8 Å². The van der Waals surface area contributed by atoms with E-state index in [1.165, 1.54) is 0 Å². The molecule has 0 aliphatic rings. The molecule has 1 aromatic rings. The first kappa shape index (κ1) is 11.6. The molecular weight excluding hydrogens is 288 g/mol. The summed E-state index contributed by atoms with van der Waals surface area (Å²) in [6.07, 6.45) is 0. The standard InChI is InChI=1S/C7H3BrF4OS/c8-3-1-2-4(13)5(9)6(3)14-7(10,11)12/h1-2,13H. The smallest absolute Gasteiger partial charge is 0.446 e. The third-order valence-corrected chi connectivity index (χ3v) is 3.00. The average molecular weight is 291 g/mol. The molecule has 0 saturated heterocycles. The number of hydrogen-bond donors (Lipinski definition) is 1. The number of phenolic OH excluding ortho intramolecular Hbond substituents is 1. The Morgan fingerprint density at radius 2 is 1.86 bits per heavy atom. The Balaban J connectivity index is 3.13. The van der Waals surface area contributed by atoms with Crippen LogP contribution in [0.3, 0.4) is 0 Å². The fourth-order valence-electron chi connectivity index (χ4n) is 0.731. The van der Waals surface area contributed by atoms with Crippen molar-refractivity contribution in [3.63, 3.8) is 0 Å². The van der Waals surface area contributed by atoms with E-state index in [-0.39, 0.29) is 4.47 Å². The Hall–Kier alpha value is -0.430. The SMILES string of the molecule is Oc1ccc(Br)c(SC(F)(F)F)c1F. The summed E-state index contributed by atoms with van der Waals surface area (Å²) in [5.41, 5.74) is -4.59. The normalized spacial score (nSPS) is 11.8. The third-order valence-electron chi connectivity index (χ3n) is 1.25. The minimum Gasteiger partial charge on any atom is -0.505 e. The van der Waals surface area contributed by atoms with Crippen molar-refractivity contribution in [3.05, 3.63) is 22.4 Å². The maximum Gasteiger partial charge on any atom is 0.446 e. The summed E-state index contributed by atoms with van der Waals surface area (Å²) in [5.74, 6) is -2.08. The van der Waals surface area contributed by atoms with Crippen molar-refractivity contribution in [3.8, 4) is 5.75 Å². The quantitative estimate of drug-likeness (QED) is 0.625. The minimum absolute atomic E-state index is 0.0462. The fourth-order valence-corrected chi connectivity index (χ4v) is 1.87. The van der Waals surface area contributed by atoms with E-state index in [1.807, 2.05) is 0 Å². The highest BCUT2D eigenvalue weighted by atomic mass is 79.9. The summed E-state index contributed by atoms with van der Waals surface area (Å²) in [6.45, 7) is 0. The van der Waals surface area contributed by atoms with Gasteiger partial charge in [0.2, 0.25) is 0 Å². The van der Waals surface area contributed by atoms with Gasteiger partial charge in [-0.1, -0.05) is 0 Å². The van der Waals surface area contributed by atoms with Gasteiger partial charge in [0, 0.05) is 4.47 Å². The molecule has 0 unspecified atom stereocenters. The largest absolute Gasteiger partial charge is 0.505 e. The molecule has 7 heteroatoms. The third kappa shape index (κ3) is 2.78. The molecule has 14 heavy (non-hydrogen) atoms. The van der Waals surface area contributed by atoms with Gasteiger partial charge in [-0.3, -0.25) is 0 Å². The topological polar surface area (TPSA) is 20.2 Å². The summed E-state index contributed by atoms with van der Waals surface area (Å²) in [5, 5.41) is 8.84. The van der Waals surface area contributed by atoms with Crippen molar-refractivity contribution in [1.29, 1.82) is 0 Å². The van der Waals surface area contributed by atoms with E-state index < -0.39 is 33.7 Å². The van der Waals surface area contributed by atoms with Crippen molar-refractivity contribution in [2.24, 2.45) is 0 Å². The summed E-state index contributed by atoms with van der Waals surface area (Å²) in [7, 11) is 0. The molecule has 0 aliphatic carbocycles. The molecule has 0 saturated carbocycles. The first-order chi connectivity index (χ1) is 6.31. The van der Waals surface area contributed by atoms with Crippen LogP contribution >= 0.6 is 27.7 Å². The molecule has 0 aromatic heterocycles. The number of thioether (sulfide) groups is 1. The van der Waals surface area contributed by atoms with Crippen molar-refractivity contribution < 1.29 is 22.7 Å². The number of phenols is 1. The second-order valence-electron chi connectivity index (χ2n) is 2.26. The van der Waals surface area contributed by atoms with Crippen LogP contribution in [0.25, 0.3) is 0 Å². The average Bonchev–Trinajstić information content (AvgIpc) is 2.04. The van der Waals surface area contributed by atoms with Crippen LogP contribution in [0.15, 0.2) is 21.5 Å². The molecule has 0 amide bonds. The maximum absolute atomic E-state index is 13.0. The van der Waals surface area contributed by atoms with Gasteiger partial charge in [-0.15, -0.1) is 0 Å². The highest BCUT2D eigenvalue weighted by molar-refractivity contribution is 9.10. The van der Waals surface area contributed by atoms with Crippen molar-refractivity contribution in [1.82, 2.24) is 0 Å². The van der Waals surface area contributed by atoms with Gasteiger partial charge in [0.25, 0.3) is 0 Å². The van der Waals surface area contributed by atoms with Crippen LogP contribution < -0.4 is 0 Å². The first-order valence-electron chi connectivity index (χ1n) is 3.24. The van der Waals surface area contributed by atoms with Gasteiger partial charge < -0.3 is 5.11 Å². The fraction of sp³-hybridized carbons (Fsp3) is 0.143. The number of hydrogen-bond acceptors (Lipinski definition) is 2. The zero-order valence-corrected chi connectivity index (χ0v) is 8.80. The highest BCUT2D eigenvalue weighted by Gasteiger charge is 2.32. The first-order valence-corrected chi connectivity index (χ1v) is 4.85. The lowest BCUT2D eigenvalue weighted by molar-refractivity contribution is -0.0329. The molecule has 1 nitrogen and oxygen atoms in total. The minimum atomic E-state index is -4.59. The second kappa shape index (κ2) is 3.98. The zero-order chi connectivity index (χ0) is 10.9. The van der Waals surface area contributed by atoms with E-state index in [4.69, 9.17) is 5.11 Å². The predicted molar refractivity (Wildman–Crippen MR) is 47.7 cm³/mol. The summed E-state index contributed by atoms with van der Waals surface area (Å²) < 4.78 is 48.7. The Morgan fingerprint density at radius 1 is 1.29 bits per heavy atom. The number of rotatable bonds is 1. The van der Waals surface area contributed by atoms with Crippen LogP contribution in [0.5, 0.6) is 5.75 Å². The zero-order valence-electron chi connectivity index (χ0n) is 6.40. The van der Waals surface area contributed by atoms with E-state index >= 15 is 0 Å². The predicted octanol–water partition coefficient (Wildman–Crippen LogP) is 3.91. The number of alkyl halides is 3. The van der Waals surface area contributed by atoms with Gasteiger partial charge in [-0.25, -0.2) is 4.39 Å². The lowest BCUT2D eigenvalue weighted by Crippen LogP contribution is -2.01. The highest BCUT2D eigenvalue weighted by Crippen LogP contribution is 2.43. The Kier molecular flexibility index (Phi) is 3.31. The number of benzene rings is 1. The lowest BCUT2D eigenvalue weighted by atomic mass is 10.3. The molecular formula is C7H3BrF4OS. The molecule has 0 radical (unpaired) electrons. The maximum atomic E-state index is 13.0. The van der Waals surface area contributed by atoms with Crippen molar-refractivity contribution in [2.45, 2.75) is 10.4 Å². The lowest BCUT2D eigenvalue weighted by Gasteiger charge is -2.09. The van der Waals surface area contributed by atoms with Crippen LogP contribution in [0, 0.1) is 5.82 Å².